The van der Waals surface area contributed by atoms with Crippen LogP contribution in [-0.4, -0.2) is 48.2 Å². The molecule has 0 saturated carbocycles. The smallest absolute Gasteiger partial charge is 0.325 e. The number of amides is 2. The minimum atomic E-state index is -4.87. The van der Waals surface area contributed by atoms with Crippen molar-refractivity contribution in [2.45, 2.75) is 23.9 Å². The van der Waals surface area contributed by atoms with E-state index < -0.39 is 17.4 Å². The number of alkyl halides is 4. The Hall–Kier alpha value is -2.20. The summed E-state index contributed by atoms with van der Waals surface area (Å²) in [4.78, 5) is 20.4. The van der Waals surface area contributed by atoms with Crippen LogP contribution in [0.25, 0.3) is 5.70 Å². The number of carbonyl (C=O) groups excluding carboxylic acids is 1. The van der Waals surface area contributed by atoms with Crippen LogP contribution in [0.4, 0.5) is 22.4 Å². The minimum Gasteiger partial charge on any atom is -0.325 e. The van der Waals surface area contributed by atoms with Crippen molar-refractivity contribution in [2.75, 3.05) is 26.2 Å². The Morgan fingerprint density at radius 2 is 1.57 bits per heavy atom. The lowest BCUT2D eigenvalue weighted by Gasteiger charge is -2.47. The summed E-state index contributed by atoms with van der Waals surface area (Å²) in [6, 6.07) is 7.89. The Kier molecular flexibility index (Phi) is 5.90. The molecule has 1 N–H and O–H groups in total. The molecule has 2 aromatic rings. The number of urea groups is 1. The van der Waals surface area contributed by atoms with Gasteiger partial charge in [-0.25, -0.2) is 9.18 Å². The second kappa shape index (κ2) is 8.44. The molecule has 3 aliphatic heterocycles. The van der Waals surface area contributed by atoms with Gasteiger partial charge in [0.05, 0.1) is 33.9 Å². The standard InChI is InChI=1S/C23H18Cl3F4N3O2/c24-16-8-15(9-17(25)19(16)26)22(23(28,29)30)10-18(31-35-22)13-2-4-14(5-3-13)21(27)11-33(12-21)20(34)32-6-1-7-32/h2-5,8-10,31H,1,6-7,11-12H2. The molecule has 2 fully saturated rings. The molecular weight excluding hydrogens is 533 g/mol. The number of hydroxylamine groups is 1. The van der Waals surface area contributed by atoms with Crippen molar-refractivity contribution in [2.24, 2.45) is 0 Å². The largest absolute Gasteiger partial charge is 0.428 e. The highest BCUT2D eigenvalue weighted by Gasteiger charge is 2.60. The van der Waals surface area contributed by atoms with E-state index in [1.54, 1.807) is 4.90 Å². The van der Waals surface area contributed by atoms with Crippen molar-refractivity contribution >= 4 is 46.5 Å². The second-order valence-electron chi connectivity index (χ2n) is 8.77. The van der Waals surface area contributed by atoms with Gasteiger partial charge in [0, 0.05) is 18.7 Å². The molecule has 1 unspecified atom stereocenters. The van der Waals surface area contributed by atoms with E-state index in [0.29, 0.717) is 24.2 Å². The van der Waals surface area contributed by atoms with Crippen LogP contribution in [0.15, 0.2) is 42.5 Å². The average Bonchev–Trinajstić information content (AvgIpc) is 3.21. The van der Waals surface area contributed by atoms with Gasteiger partial charge in [0.2, 0.25) is 5.60 Å². The van der Waals surface area contributed by atoms with Crippen LogP contribution < -0.4 is 5.48 Å². The molecule has 0 aliphatic carbocycles. The zero-order chi connectivity index (χ0) is 25.2. The molecule has 0 spiro atoms. The maximum Gasteiger partial charge on any atom is 0.428 e. The van der Waals surface area contributed by atoms with Crippen LogP contribution in [0.2, 0.25) is 15.1 Å². The van der Waals surface area contributed by atoms with E-state index in [2.05, 4.69) is 5.48 Å². The molecule has 2 saturated heterocycles. The fourth-order valence-electron chi connectivity index (χ4n) is 4.29. The number of halogens is 7. The Bertz CT molecular complexity index is 1190. The van der Waals surface area contributed by atoms with Crippen molar-refractivity contribution in [3.8, 4) is 0 Å². The van der Waals surface area contributed by atoms with E-state index >= 15 is 4.39 Å². The predicted octanol–water partition coefficient (Wildman–Crippen LogP) is 6.29. The summed E-state index contributed by atoms with van der Waals surface area (Å²) in [5.74, 6) is 0. The lowest BCUT2D eigenvalue weighted by Crippen LogP contribution is -2.63. The van der Waals surface area contributed by atoms with Gasteiger partial charge < -0.3 is 9.80 Å². The summed E-state index contributed by atoms with van der Waals surface area (Å²) >= 11 is 17.8. The molecule has 2 aromatic carbocycles. The zero-order valence-electron chi connectivity index (χ0n) is 17.9. The van der Waals surface area contributed by atoms with Crippen molar-refractivity contribution in [1.82, 2.24) is 15.3 Å². The molecule has 0 radical (unpaired) electrons. The van der Waals surface area contributed by atoms with E-state index in [0.717, 1.165) is 24.6 Å². The van der Waals surface area contributed by atoms with Gasteiger partial charge in [-0.1, -0.05) is 59.1 Å². The highest BCUT2D eigenvalue weighted by molar-refractivity contribution is 6.48. The third kappa shape index (κ3) is 4.02. The van der Waals surface area contributed by atoms with Gasteiger partial charge in [0.1, 0.15) is 0 Å². The van der Waals surface area contributed by atoms with Crippen LogP contribution in [0.3, 0.4) is 0 Å². The fraction of sp³-hybridized carbons (Fsp3) is 0.348. The van der Waals surface area contributed by atoms with Gasteiger partial charge in [0.15, 0.2) is 5.67 Å². The van der Waals surface area contributed by atoms with Crippen LogP contribution in [-0.2, 0) is 16.1 Å². The first kappa shape index (κ1) is 24.5. The number of likely N-dealkylation sites (tertiary alicyclic amines) is 2. The van der Waals surface area contributed by atoms with Crippen molar-refractivity contribution < 1.29 is 27.2 Å². The summed E-state index contributed by atoms with van der Waals surface area (Å²) in [6.07, 6.45) is -3.05. The second-order valence-corrected chi connectivity index (χ2v) is 9.96. The number of benzene rings is 2. The number of hydrogen-bond acceptors (Lipinski definition) is 3. The maximum atomic E-state index is 15.3. The topological polar surface area (TPSA) is 44.8 Å². The summed E-state index contributed by atoms with van der Waals surface area (Å²) in [7, 11) is 0. The molecule has 3 heterocycles. The van der Waals surface area contributed by atoms with Crippen molar-refractivity contribution in [1.29, 1.82) is 0 Å². The third-order valence-electron chi connectivity index (χ3n) is 6.50. The van der Waals surface area contributed by atoms with Crippen LogP contribution >= 0.6 is 34.8 Å². The molecule has 3 aliphatic rings. The first-order valence-corrected chi connectivity index (χ1v) is 11.8. The zero-order valence-corrected chi connectivity index (χ0v) is 20.2. The normalized spacial score (nSPS) is 23.3. The Morgan fingerprint density at radius 1 is 0.971 bits per heavy atom. The first-order chi connectivity index (χ1) is 16.4. The van der Waals surface area contributed by atoms with Gasteiger partial charge >= 0.3 is 12.2 Å². The molecule has 5 rings (SSSR count). The number of rotatable bonds is 3. The SMILES string of the molecule is O=C(N1CCC1)N1CC(F)(c2ccc(C3=CC(c4cc(Cl)c(Cl)c(Cl)c4)(C(F)(F)F)ON3)cc2)C1. The molecule has 1 atom stereocenters. The average molecular weight is 551 g/mol. The van der Waals surface area contributed by atoms with E-state index in [-0.39, 0.29) is 45.4 Å². The van der Waals surface area contributed by atoms with E-state index in [4.69, 9.17) is 39.6 Å². The van der Waals surface area contributed by atoms with Crippen molar-refractivity contribution in [3.63, 3.8) is 0 Å². The van der Waals surface area contributed by atoms with Crippen LogP contribution in [0, 0.1) is 0 Å². The number of nitrogens with one attached hydrogen (secondary N) is 1. The van der Waals surface area contributed by atoms with Crippen LogP contribution in [0.1, 0.15) is 23.1 Å². The molecule has 35 heavy (non-hydrogen) atoms. The summed E-state index contributed by atoms with van der Waals surface area (Å²) in [6.45, 7) is 1.23. The maximum absolute atomic E-state index is 15.3. The Labute approximate surface area is 213 Å². The monoisotopic (exact) mass is 549 g/mol. The van der Waals surface area contributed by atoms with Gasteiger partial charge in [-0.05, 0) is 35.8 Å². The predicted molar refractivity (Wildman–Crippen MR) is 124 cm³/mol. The molecular formula is C23H18Cl3F4N3O2. The lowest BCUT2D eigenvalue weighted by atomic mass is 9.87. The quantitative estimate of drug-likeness (QED) is 0.361. The van der Waals surface area contributed by atoms with Crippen molar-refractivity contribution in [3.05, 3.63) is 74.2 Å². The highest BCUT2D eigenvalue weighted by atomic mass is 35.5. The molecule has 186 valence electrons. The Morgan fingerprint density at radius 3 is 2.09 bits per heavy atom. The van der Waals surface area contributed by atoms with Crippen LogP contribution in [0.5, 0.6) is 0 Å². The van der Waals surface area contributed by atoms with Gasteiger partial charge in [-0.2, -0.15) is 13.2 Å². The van der Waals surface area contributed by atoms with E-state index in [1.807, 2.05) is 0 Å². The third-order valence-corrected chi connectivity index (χ3v) is 7.69. The minimum absolute atomic E-state index is 0.0344. The summed E-state index contributed by atoms with van der Waals surface area (Å²) in [5, 5.41) is -0.368. The lowest BCUT2D eigenvalue weighted by molar-refractivity contribution is -0.269. The number of hydrogen-bond donors (Lipinski definition) is 1. The number of nitrogens with zero attached hydrogens (tertiary/aromatic N) is 2. The molecule has 12 heteroatoms. The van der Waals surface area contributed by atoms with E-state index in [9.17, 15) is 18.0 Å². The first-order valence-electron chi connectivity index (χ1n) is 10.7. The number of carbonyl (C=O) groups is 1. The van der Waals surface area contributed by atoms with Gasteiger partial charge in [-0.15, -0.1) is 0 Å². The summed E-state index contributed by atoms with van der Waals surface area (Å²) in [5.41, 5.74) is -1.88. The molecule has 0 aromatic heterocycles. The van der Waals surface area contributed by atoms with E-state index in [1.165, 1.54) is 29.2 Å². The molecule has 0 bridgehead atoms. The molecule has 5 nitrogen and oxygen atoms in total. The van der Waals surface area contributed by atoms with Gasteiger partial charge in [0.25, 0.3) is 0 Å². The molecule has 2 amide bonds. The van der Waals surface area contributed by atoms with Gasteiger partial charge in [-0.3, -0.25) is 10.3 Å². The summed E-state index contributed by atoms with van der Waals surface area (Å²) < 4.78 is 57.9. The highest BCUT2D eigenvalue weighted by Crippen LogP contribution is 2.49. The Balaban J connectivity index is 1.39. The fourth-order valence-corrected chi connectivity index (χ4v) is 4.88.